The first-order valence-corrected chi connectivity index (χ1v) is 9.25. The summed E-state index contributed by atoms with van der Waals surface area (Å²) in [6.45, 7) is 3.13. The zero-order chi connectivity index (χ0) is 19.2. The first-order valence-electron chi connectivity index (χ1n) is 9.25. The third kappa shape index (κ3) is 4.65. The van der Waals surface area contributed by atoms with Gasteiger partial charge >= 0.3 is 6.03 Å². The van der Waals surface area contributed by atoms with Crippen LogP contribution < -0.4 is 10.6 Å². The van der Waals surface area contributed by atoms with Gasteiger partial charge < -0.3 is 20.6 Å². The first kappa shape index (κ1) is 18.9. The lowest BCUT2D eigenvalue weighted by Crippen LogP contribution is -2.37. The molecule has 0 bridgehead atoms. The van der Waals surface area contributed by atoms with Crippen LogP contribution in [-0.2, 0) is 13.1 Å². The Balaban J connectivity index is 1.56. The van der Waals surface area contributed by atoms with Crippen molar-refractivity contribution in [3.05, 3.63) is 65.2 Å². The van der Waals surface area contributed by atoms with E-state index in [1.807, 2.05) is 31.2 Å². The van der Waals surface area contributed by atoms with Crippen molar-refractivity contribution in [2.45, 2.75) is 38.9 Å². The van der Waals surface area contributed by atoms with Gasteiger partial charge in [-0.2, -0.15) is 0 Å². The van der Waals surface area contributed by atoms with Gasteiger partial charge in [0.15, 0.2) is 0 Å². The van der Waals surface area contributed by atoms with Crippen LogP contribution in [0.15, 0.2) is 48.5 Å². The lowest BCUT2D eigenvalue weighted by Gasteiger charge is -2.17. The molecule has 0 unspecified atom stereocenters. The minimum absolute atomic E-state index is 0.0774. The number of carbonyl (C=O) groups excluding carboxylic acids is 2. The van der Waals surface area contributed by atoms with E-state index in [0.29, 0.717) is 24.3 Å². The molecule has 1 atom stereocenters. The van der Waals surface area contributed by atoms with Crippen molar-refractivity contribution in [1.29, 1.82) is 0 Å². The molecule has 2 aromatic carbocycles. The molecule has 3 N–H and O–H groups in total. The van der Waals surface area contributed by atoms with Crippen LogP contribution >= 0.6 is 0 Å². The molecule has 0 radical (unpaired) electrons. The molecule has 1 aliphatic heterocycles. The van der Waals surface area contributed by atoms with Crippen molar-refractivity contribution in [3.63, 3.8) is 0 Å². The molecule has 3 rings (SSSR count). The molecule has 6 nitrogen and oxygen atoms in total. The lowest BCUT2D eigenvalue weighted by molar-refractivity contribution is 0.0913. The Morgan fingerprint density at radius 1 is 1.07 bits per heavy atom. The van der Waals surface area contributed by atoms with Gasteiger partial charge in [-0.1, -0.05) is 37.6 Å². The molecule has 6 heteroatoms. The quantitative estimate of drug-likeness (QED) is 0.734. The number of urea groups is 1. The van der Waals surface area contributed by atoms with E-state index < -0.39 is 0 Å². The predicted octanol–water partition coefficient (Wildman–Crippen LogP) is 3.13. The number of aliphatic hydroxyl groups excluding tert-OH is 1. The highest BCUT2D eigenvalue weighted by atomic mass is 16.3. The fourth-order valence-electron chi connectivity index (χ4n) is 3.21. The van der Waals surface area contributed by atoms with E-state index in [4.69, 9.17) is 0 Å². The molecule has 3 amide bonds. The van der Waals surface area contributed by atoms with Crippen LogP contribution in [0.1, 0.15) is 41.3 Å². The van der Waals surface area contributed by atoms with Crippen LogP contribution in [0.3, 0.4) is 0 Å². The maximum Gasteiger partial charge on any atom is 0.322 e. The molecule has 0 fully saturated rings. The Morgan fingerprint density at radius 3 is 2.26 bits per heavy atom. The van der Waals surface area contributed by atoms with Crippen LogP contribution in [0.5, 0.6) is 0 Å². The van der Waals surface area contributed by atoms with Gasteiger partial charge in [0.05, 0.1) is 12.6 Å². The first-order chi connectivity index (χ1) is 13.1. The molecule has 0 aliphatic carbocycles. The number of amides is 3. The monoisotopic (exact) mass is 367 g/mol. The van der Waals surface area contributed by atoms with Crippen molar-refractivity contribution in [3.8, 4) is 0 Å². The number of carbonyl (C=O) groups is 2. The molecule has 1 aliphatic rings. The van der Waals surface area contributed by atoms with Crippen molar-refractivity contribution in [1.82, 2.24) is 10.2 Å². The minimum atomic E-state index is -0.237. The van der Waals surface area contributed by atoms with E-state index in [2.05, 4.69) is 10.6 Å². The zero-order valence-corrected chi connectivity index (χ0v) is 15.4. The molecular formula is C21H25N3O3. The van der Waals surface area contributed by atoms with Gasteiger partial charge in [0.1, 0.15) is 0 Å². The summed E-state index contributed by atoms with van der Waals surface area (Å²) in [5, 5.41) is 15.0. The van der Waals surface area contributed by atoms with Gasteiger partial charge in [-0.3, -0.25) is 4.79 Å². The summed E-state index contributed by atoms with van der Waals surface area (Å²) in [6, 6.07) is 14.4. The Kier molecular flexibility index (Phi) is 6.08. The molecule has 27 heavy (non-hydrogen) atoms. The fourth-order valence-corrected chi connectivity index (χ4v) is 3.21. The minimum Gasteiger partial charge on any atom is -0.394 e. The van der Waals surface area contributed by atoms with E-state index >= 15 is 0 Å². The Labute approximate surface area is 159 Å². The number of nitrogens with one attached hydrogen (secondary N) is 2. The summed E-state index contributed by atoms with van der Waals surface area (Å²) in [5.74, 6) is -0.227. The Bertz CT molecular complexity index is 780. The molecule has 0 saturated carbocycles. The van der Waals surface area contributed by atoms with Crippen LogP contribution in [0, 0.1) is 0 Å². The maximum absolute atomic E-state index is 12.5. The molecule has 2 aromatic rings. The number of anilines is 1. The summed E-state index contributed by atoms with van der Waals surface area (Å²) < 4.78 is 0. The van der Waals surface area contributed by atoms with Gasteiger partial charge in [0.2, 0.25) is 0 Å². The molecule has 0 aromatic heterocycles. The highest BCUT2D eigenvalue weighted by Crippen LogP contribution is 2.23. The van der Waals surface area contributed by atoms with Gasteiger partial charge in [-0.05, 0) is 41.8 Å². The normalized spacial score (nSPS) is 13.8. The number of rotatable bonds is 6. The SMILES string of the molecule is CCC[C@@H](CO)NC(=O)c1ccc(NC(=O)N2Cc3ccccc3C2)cc1. The van der Waals surface area contributed by atoms with Crippen molar-refractivity contribution < 1.29 is 14.7 Å². The number of fused-ring (bicyclic) bond motifs is 1. The van der Waals surface area contributed by atoms with Gasteiger partial charge in [-0.15, -0.1) is 0 Å². The topological polar surface area (TPSA) is 81.7 Å². The molecule has 142 valence electrons. The van der Waals surface area contributed by atoms with Crippen LogP contribution in [0.2, 0.25) is 0 Å². The second kappa shape index (κ2) is 8.68. The number of hydrogen-bond acceptors (Lipinski definition) is 3. The maximum atomic E-state index is 12.5. The van der Waals surface area contributed by atoms with Crippen LogP contribution in [-0.4, -0.2) is 34.6 Å². The Hall–Kier alpha value is -2.86. The number of nitrogens with zero attached hydrogens (tertiary/aromatic N) is 1. The van der Waals surface area contributed by atoms with Gasteiger partial charge in [0.25, 0.3) is 5.91 Å². The largest absolute Gasteiger partial charge is 0.394 e. The third-order valence-corrected chi connectivity index (χ3v) is 4.72. The highest BCUT2D eigenvalue weighted by molar-refractivity contribution is 5.95. The number of aliphatic hydroxyl groups is 1. The van der Waals surface area contributed by atoms with Gasteiger partial charge in [-0.25, -0.2) is 4.79 Å². The van der Waals surface area contributed by atoms with E-state index in [1.54, 1.807) is 29.2 Å². The third-order valence-electron chi connectivity index (χ3n) is 4.72. The van der Waals surface area contributed by atoms with Crippen molar-refractivity contribution >= 4 is 17.6 Å². The van der Waals surface area contributed by atoms with E-state index in [1.165, 1.54) is 11.1 Å². The molecule has 1 heterocycles. The van der Waals surface area contributed by atoms with E-state index in [-0.39, 0.29) is 24.6 Å². The summed E-state index contributed by atoms with van der Waals surface area (Å²) in [7, 11) is 0. The van der Waals surface area contributed by atoms with Crippen molar-refractivity contribution in [2.75, 3.05) is 11.9 Å². The second-order valence-electron chi connectivity index (χ2n) is 6.77. The molecule has 0 spiro atoms. The standard InChI is InChI=1S/C21H25N3O3/c1-2-5-19(14-25)22-20(26)15-8-10-18(11-9-15)23-21(27)24-12-16-6-3-4-7-17(16)13-24/h3-4,6-11,19,25H,2,5,12-14H2,1H3,(H,22,26)(H,23,27)/t19-/m0/s1. The summed E-state index contributed by atoms with van der Waals surface area (Å²) >= 11 is 0. The smallest absolute Gasteiger partial charge is 0.322 e. The predicted molar refractivity (Wildman–Crippen MR) is 104 cm³/mol. The average molecular weight is 367 g/mol. The van der Waals surface area contributed by atoms with E-state index in [0.717, 1.165) is 12.8 Å². The fraction of sp³-hybridized carbons (Fsp3) is 0.333. The summed E-state index contributed by atoms with van der Waals surface area (Å²) in [6.07, 6.45) is 1.62. The van der Waals surface area contributed by atoms with Crippen LogP contribution in [0.25, 0.3) is 0 Å². The van der Waals surface area contributed by atoms with Gasteiger partial charge in [0, 0.05) is 24.3 Å². The summed E-state index contributed by atoms with van der Waals surface area (Å²) in [5.41, 5.74) is 3.48. The second-order valence-corrected chi connectivity index (χ2v) is 6.77. The van der Waals surface area contributed by atoms with Crippen LogP contribution in [0.4, 0.5) is 10.5 Å². The molecule has 0 saturated heterocycles. The summed E-state index contributed by atoms with van der Waals surface area (Å²) in [4.78, 5) is 26.5. The zero-order valence-electron chi connectivity index (χ0n) is 15.4. The van der Waals surface area contributed by atoms with Crippen molar-refractivity contribution in [2.24, 2.45) is 0 Å². The lowest BCUT2D eigenvalue weighted by atomic mass is 10.1. The number of benzene rings is 2. The van der Waals surface area contributed by atoms with E-state index in [9.17, 15) is 14.7 Å². The highest BCUT2D eigenvalue weighted by Gasteiger charge is 2.22. The Morgan fingerprint density at radius 2 is 1.70 bits per heavy atom. The average Bonchev–Trinajstić information content (AvgIpc) is 3.12. The molecular weight excluding hydrogens is 342 g/mol. The number of hydrogen-bond donors (Lipinski definition) is 3.